The van der Waals surface area contributed by atoms with E-state index >= 15 is 0 Å². The zero-order chi connectivity index (χ0) is 14.7. The lowest BCUT2D eigenvalue weighted by Crippen LogP contribution is -2.13. The van der Waals surface area contributed by atoms with E-state index in [1.807, 2.05) is 13.8 Å². The van der Waals surface area contributed by atoms with Crippen molar-refractivity contribution in [2.75, 3.05) is 12.8 Å². The molecule has 1 aromatic carbocycles. The van der Waals surface area contributed by atoms with Crippen LogP contribution in [0.15, 0.2) is 24.4 Å². The van der Waals surface area contributed by atoms with Crippen LogP contribution in [0.5, 0.6) is 5.75 Å². The van der Waals surface area contributed by atoms with Gasteiger partial charge < -0.3 is 10.5 Å². The van der Waals surface area contributed by atoms with Crippen LogP contribution < -0.4 is 10.5 Å². The molecule has 0 saturated carbocycles. The first kappa shape index (κ1) is 14.1. The van der Waals surface area contributed by atoms with Crippen LogP contribution in [0.25, 0.3) is 0 Å². The molecule has 2 rings (SSSR count). The Labute approximate surface area is 118 Å². The van der Waals surface area contributed by atoms with Crippen molar-refractivity contribution in [3.8, 4) is 5.75 Å². The van der Waals surface area contributed by atoms with Crippen molar-refractivity contribution in [1.29, 1.82) is 0 Å². The number of methoxy groups -OCH3 is 1. The SMILES string of the molecule is CCCn1ncc(OC)c1C(=O)c1ccc(N)c(C)c1. The van der Waals surface area contributed by atoms with Crippen molar-refractivity contribution in [3.63, 3.8) is 0 Å². The molecule has 1 aromatic heterocycles. The Kier molecular flexibility index (Phi) is 4.08. The molecular formula is C15H19N3O2. The molecule has 2 N–H and O–H groups in total. The minimum atomic E-state index is -0.101. The molecule has 106 valence electrons. The van der Waals surface area contributed by atoms with Gasteiger partial charge in [-0.05, 0) is 37.1 Å². The predicted octanol–water partition coefficient (Wildman–Crippen LogP) is 2.42. The van der Waals surface area contributed by atoms with Crippen molar-refractivity contribution in [2.45, 2.75) is 26.8 Å². The average molecular weight is 273 g/mol. The molecule has 0 atom stereocenters. The van der Waals surface area contributed by atoms with Crippen molar-refractivity contribution in [3.05, 3.63) is 41.2 Å². The summed E-state index contributed by atoms with van der Waals surface area (Å²) in [4.78, 5) is 12.7. The third-order valence-electron chi connectivity index (χ3n) is 3.21. The number of rotatable bonds is 5. The lowest BCUT2D eigenvalue weighted by molar-refractivity contribution is 0.102. The molecule has 0 aliphatic carbocycles. The summed E-state index contributed by atoms with van der Waals surface area (Å²) in [5, 5.41) is 4.21. The van der Waals surface area contributed by atoms with Crippen molar-refractivity contribution in [2.24, 2.45) is 0 Å². The van der Waals surface area contributed by atoms with Gasteiger partial charge in [0.15, 0.2) is 11.4 Å². The van der Waals surface area contributed by atoms with Crippen LogP contribution in [0, 0.1) is 6.92 Å². The lowest BCUT2D eigenvalue weighted by Gasteiger charge is -2.09. The average Bonchev–Trinajstić information content (AvgIpc) is 2.84. The van der Waals surface area contributed by atoms with Crippen LogP contribution in [0.3, 0.4) is 0 Å². The molecule has 0 unspecified atom stereocenters. The Morgan fingerprint density at radius 3 is 2.80 bits per heavy atom. The number of aromatic nitrogens is 2. The normalized spacial score (nSPS) is 10.6. The summed E-state index contributed by atoms with van der Waals surface area (Å²) in [5.41, 5.74) is 8.43. The van der Waals surface area contributed by atoms with Gasteiger partial charge in [-0.2, -0.15) is 5.10 Å². The number of nitrogen functional groups attached to an aromatic ring is 1. The summed E-state index contributed by atoms with van der Waals surface area (Å²) in [6, 6.07) is 5.27. The second-order valence-electron chi connectivity index (χ2n) is 4.69. The van der Waals surface area contributed by atoms with Gasteiger partial charge in [0.1, 0.15) is 0 Å². The summed E-state index contributed by atoms with van der Waals surface area (Å²) in [7, 11) is 1.54. The van der Waals surface area contributed by atoms with E-state index in [0.29, 0.717) is 29.2 Å². The summed E-state index contributed by atoms with van der Waals surface area (Å²) in [6.45, 7) is 4.60. The molecule has 20 heavy (non-hydrogen) atoms. The second kappa shape index (κ2) is 5.77. The first-order chi connectivity index (χ1) is 9.58. The maximum atomic E-state index is 12.7. The van der Waals surface area contributed by atoms with E-state index < -0.39 is 0 Å². The van der Waals surface area contributed by atoms with Crippen molar-refractivity contribution >= 4 is 11.5 Å². The summed E-state index contributed by atoms with van der Waals surface area (Å²) in [5.74, 6) is 0.397. The predicted molar refractivity (Wildman–Crippen MR) is 78.1 cm³/mol. The minimum Gasteiger partial charge on any atom is -0.493 e. The maximum absolute atomic E-state index is 12.7. The molecule has 0 bridgehead atoms. The molecule has 0 fully saturated rings. The van der Waals surface area contributed by atoms with Gasteiger partial charge in [0.05, 0.1) is 13.3 Å². The molecule has 0 amide bonds. The number of benzene rings is 1. The highest BCUT2D eigenvalue weighted by molar-refractivity contribution is 6.09. The third-order valence-corrected chi connectivity index (χ3v) is 3.21. The fourth-order valence-electron chi connectivity index (χ4n) is 2.08. The second-order valence-corrected chi connectivity index (χ2v) is 4.69. The highest BCUT2D eigenvalue weighted by atomic mass is 16.5. The largest absolute Gasteiger partial charge is 0.493 e. The number of hydrogen-bond acceptors (Lipinski definition) is 4. The van der Waals surface area contributed by atoms with E-state index in [1.54, 1.807) is 29.1 Å². The van der Waals surface area contributed by atoms with Gasteiger partial charge in [0.2, 0.25) is 5.78 Å². The fourth-order valence-corrected chi connectivity index (χ4v) is 2.08. The number of ketones is 1. The molecule has 0 radical (unpaired) electrons. The summed E-state index contributed by atoms with van der Waals surface area (Å²) >= 11 is 0. The number of ether oxygens (including phenoxy) is 1. The standard InChI is InChI=1S/C15H19N3O2/c1-4-7-18-14(13(20-3)9-17-18)15(19)11-5-6-12(16)10(2)8-11/h5-6,8-9H,4,7,16H2,1-3H3. The van der Waals surface area contributed by atoms with Crippen LogP contribution >= 0.6 is 0 Å². The Hall–Kier alpha value is -2.30. The molecule has 0 aliphatic rings. The Bertz CT molecular complexity index is 632. The number of nitrogens with zero attached hydrogens (tertiary/aromatic N) is 2. The van der Waals surface area contributed by atoms with Gasteiger partial charge in [-0.15, -0.1) is 0 Å². The topological polar surface area (TPSA) is 70.1 Å². The van der Waals surface area contributed by atoms with E-state index in [-0.39, 0.29) is 5.78 Å². The fraction of sp³-hybridized carbons (Fsp3) is 0.333. The van der Waals surface area contributed by atoms with Gasteiger partial charge in [-0.25, -0.2) is 0 Å². The van der Waals surface area contributed by atoms with E-state index in [4.69, 9.17) is 10.5 Å². The van der Waals surface area contributed by atoms with E-state index in [9.17, 15) is 4.79 Å². The molecule has 0 saturated heterocycles. The van der Waals surface area contributed by atoms with E-state index in [1.165, 1.54) is 7.11 Å². The zero-order valence-electron chi connectivity index (χ0n) is 12.0. The summed E-state index contributed by atoms with van der Waals surface area (Å²) < 4.78 is 6.93. The zero-order valence-corrected chi connectivity index (χ0v) is 12.0. The number of nitrogens with two attached hydrogens (primary N) is 1. The molecular weight excluding hydrogens is 254 g/mol. The number of aryl methyl sites for hydroxylation is 2. The molecule has 1 heterocycles. The highest BCUT2D eigenvalue weighted by Crippen LogP contribution is 2.23. The molecule has 0 spiro atoms. The van der Waals surface area contributed by atoms with E-state index in [0.717, 1.165) is 12.0 Å². The van der Waals surface area contributed by atoms with Crippen molar-refractivity contribution in [1.82, 2.24) is 9.78 Å². The molecule has 5 nitrogen and oxygen atoms in total. The molecule has 5 heteroatoms. The van der Waals surface area contributed by atoms with Crippen LogP contribution in [0.2, 0.25) is 0 Å². The van der Waals surface area contributed by atoms with Gasteiger partial charge in [0, 0.05) is 17.8 Å². The number of carbonyl (C=O) groups excluding carboxylic acids is 1. The number of carbonyl (C=O) groups is 1. The number of anilines is 1. The quantitative estimate of drug-likeness (QED) is 0.671. The Morgan fingerprint density at radius 2 is 2.20 bits per heavy atom. The maximum Gasteiger partial charge on any atom is 0.214 e. The van der Waals surface area contributed by atoms with Crippen molar-refractivity contribution < 1.29 is 9.53 Å². The molecule has 2 aromatic rings. The smallest absolute Gasteiger partial charge is 0.214 e. The van der Waals surface area contributed by atoms with Crippen LogP contribution in [-0.4, -0.2) is 22.7 Å². The van der Waals surface area contributed by atoms with Gasteiger partial charge in [0.25, 0.3) is 0 Å². The number of hydrogen-bond donors (Lipinski definition) is 1. The highest BCUT2D eigenvalue weighted by Gasteiger charge is 2.21. The van der Waals surface area contributed by atoms with Gasteiger partial charge >= 0.3 is 0 Å². The first-order valence-corrected chi connectivity index (χ1v) is 6.59. The Morgan fingerprint density at radius 1 is 1.45 bits per heavy atom. The minimum absolute atomic E-state index is 0.101. The monoisotopic (exact) mass is 273 g/mol. The van der Waals surface area contributed by atoms with Gasteiger partial charge in [-0.3, -0.25) is 9.48 Å². The van der Waals surface area contributed by atoms with Gasteiger partial charge in [-0.1, -0.05) is 6.92 Å². The molecule has 0 aliphatic heterocycles. The third kappa shape index (κ3) is 2.52. The van der Waals surface area contributed by atoms with E-state index in [2.05, 4.69) is 5.10 Å². The van der Waals surface area contributed by atoms with Crippen LogP contribution in [0.1, 0.15) is 35.0 Å². The first-order valence-electron chi connectivity index (χ1n) is 6.59. The lowest BCUT2D eigenvalue weighted by atomic mass is 10.0. The van der Waals surface area contributed by atoms with Crippen LogP contribution in [-0.2, 0) is 6.54 Å². The summed E-state index contributed by atoms with van der Waals surface area (Å²) in [6.07, 6.45) is 2.47. The Balaban J connectivity index is 2.46. The van der Waals surface area contributed by atoms with Crippen LogP contribution in [0.4, 0.5) is 5.69 Å².